The van der Waals surface area contributed by atoms with Crippen molar-refractivity contribution in [3.63, 3.8) is 0 Å². The van der Waals surface area contributed by atoms with Crippen LogP contribution in [-0.2, 0) is 0 Å². The predicted molar refractivity (Wildman–Crippen MR) is 66.4 cm³/mol. The number of H-pyrrole nitrogens is 1. The minimum atomic E-state index is 0.141. The van der Waals surface area contributed by atoms with E-state index in [0.29, 0.717) is 0 Å². The monoisotopic (exact) mass is 233 g/mol. The molecule has 0 aliphatic carbocycles. The molecule has 1 aromatic carbocycles. The van der Waals surface area contributed by atoms with Gasteiger partial charge in [0, 0.05) is 23.3 Å². The SMILES string of the molecule is CCC(N)c1ccc(Sc2ncc[nH]2)cc1. The summed E-state index contributed by atoms with van der Waals surface area (Å²) in [5, 5.41) is 0.910. The number of aromatic nitrogens is 2. The van der Waals surface area contributed by atoms with Crippen LogP contribution in [-0.4, -0.2) is 9.97 Å². The van der Waals surface area contributed by atoms with Gasteiger partial charge in [0.2, 0.25) is 0 Å². The Morgan fingerprint density at radius 3 is 2.69 bits per heavy atom. The molecule has 4 heteroatoms. The van der Waals surface area contributed by atoms with E-state index >= 15 is 0 Å². The van der Waals surface area contributed by atoms with Crippen LogP contribution in [0.5, 0.6) is 0 Å². The van der Waals surface area contributed by atoms with Crippen molar-refractivity contribution in [1.82, 2.24) is 9.97 Å². The second-order valence-electron chi connectivity index (χ2n) is 3.58. The predicted octanol–water partition coefficient (Wildman–Crippen LogP) is 2.97. The molecule has 0 aliphatic heterocycles. The zero-order valence-electron chi connectivity index (χ0n) is 9.18. The average molecular weight is 233 g/mol. The van der Waals surface area contributed by atoms with Crippen LogP contribution in [0.3, 0.4) is 0 Å². The van der Waals surface area contributed by atoms with Gasteiger partial charge in [-0.05, 0) is 24.1 Å². The number of hydrogen-bond donors (Lipinski definition) is 2. The molecule has 0 saturated carbocycles. The number of rotatable bonds is 4. The Morgan fingerprint density at radius 1 is 1.38 bits per heavy atom. The standard InChI is InChI=1S/C12H15N3S/c1-2-11(13)9-3-5-10(6-4-9)16-12-14-7-8-15-12/h3-8,11H,2,13H2,1H3,(H,14,15). The maximum absolute atomic E-state index is 5.96. The molecule has 2 aromatic rings. The third kappa shape index (κ3) is 2.65. The van der Waals surface area contributed by atoms with E-state index < -0.39 is 0 Å². The fourth-order valence-corrected chi connectivity index (χ4v) is 2.17. The van der Waals surface area contributed by atoms with Crippen molar-refractivity contribution in [2.45, 2.75) is 29.4 Å². The second-order valence-corrected chi connectivity index (χ2v) is 4.64. The number of nitrogens with two attached hydrogens (primary N) is 1. The number of aromatic amines is 1. The molecule has 1 unspecified atom stereocenters. The lowest BCUT2D eigenvalue weighted by Crippen LogP contribution is -2.07. The molecular formula is C12H15N3S. The average Bonchev–Trinajstić information content (AvgIpc) is 2.82. The number of nitrogens with zero attached hydrogens (tertiary/aromatic N) is 1. The lowest BCUT2D eigenvalue weighted by molar-refractivity contribution is 0.698. The van der Waals surface area contributed by atoms with Crippen molar-refractivity contribution < 1.29 is 0 Å². The molecule has 0 fully saturated rings. The minimum absolute atomic E-state index is 0.141. The van der Waals surface area contributed by atoms with E-state index in [4.69, 9.17) is 5.73 Å². The molecule has 3 nitrogen and oxygen atoms in total. The van der Waals surface area contributed by atoms with Gasteiger partial charge in [-0.25, -0.2) is 4.98 Å². The van der Waals surface area contributed by atoms with Crippen LogP contribution in [0, 0.1) is 0 Å². The molecule has 1 heterocycles. The molecule has 1 atom stereocenters. The zero-order chi connectivity index (χ0) is 11.4. The Bertz CT molecular complexity index is 422. The lowest BCUT2D eigenvalue weighted by atomic mass is 10.1. The Labute approximate surface area is 99.5 Å². The van der Waals surface area contributed by atoms with Crippen LogP contribution in [0.1, 0.15) is 24.9 Å². The van der Waals surface area contributed by atoms with Gasteiger partial charge >= 0.3 is 0 Å². The first-order chi connectivity index (χ1) is 7.79. The first kappa shape index (κ1) is 11.2. The van der Waals surface area contributed by atoms with Gasteiger partial charge in [-0.15, -0.1) is 0 Å². The highest BCUT2D eigenvalue weighted by Gasteiger charge is 2.03. The van der Waals surface area contributed by atoms with Crippen LogP contribution in [0.15, 0.2) is 46.7 Å². The second kappa shape index (κ2) is 5.18. The van der Waals surface area contributed by atoms with E-state index in [9.17, 15) is 0 Å². The molecule has 0 bridgehead atoms. The molecular weight excluding hydrogens is 218 g/mol. The van der Waals surface area contributed by atoms with Crippen molar-refractivity contribution in [3.8, 4) is 0 Å². The Morgan fingerprint density at radius 2 is 2.12 bits per heavy atom. The highest BCUT2D eigenvalue weighted by Crippen LogP contribution is 2.25. The van der Waals surface area contributed by atoms with Gasteiger partial charge < -0.3 is 10.7 Å². The summed E-state index contributed by atoms with van der Waals surface area (Å²) in [6.45, 7) is 2.09. The van der Waals surface area contributed by atoms with E-state index in [1.165, 1.54) is 10.5 Å². The van der Waals surface area contributed by atoms with Gasteiger partial charge in [-0.3, -0.25) is 0 Å². The van der Waals surface area contributed by atoms with Crippen molar-refractivity contribution in [2.75, 3.05) is 0 Å². The maximum atomic E-state index is 5.96. The molecule has 0 saturated heterocycles. The van der Waals surface area contributed by atoms with Gasteiger partial charge in [-0.2, -0.15) is 0 Å². The third-order valence-electron chi connectivity index (χ3n) is 2.44. The van der Waals surface area contributed by atoms with Crippen molar-refractivity contribution in [3.05, 3.63) is 42.2 Å². The van der Waals surface area contributed by atoms with Crippen molar-refractivity contribution in [2.24, 2.45) is 5.73 Å². The maximum Gasteiger partial charge on any atom is 0.170 e. The Balaban J connectivity index is 2.07. The van der Waals surface area contributed by atoms with Gasteiger partial charge in [0.25, 0.3) is 0 Å². The number of nitrogens with one attached hydrogen (secondary N) is 1. The molecule has 0 spiro atoms. The topological polar surface area (TPSA) is 54.7 Å². The molecule has 0 aliphatic rings. The highest BCUT2D eigenvalue weighted by atomic mass is 32.2. The number of imidazole rings is 1. The van der Waals surface area contributed by atoms with E-state index in [1.54, 1.807) is 18.0 Å². The molecule has 1 aromatic heterocycles. The van der Waals surface area contributed by atoms with Crippen LogP contribution in [0.4, 0.5) is 0 Å². The van der Waals surface area contributed by atoms with Crippen molar-refractivity contribution >= 4 is 11.8 Å². The normalized spacial score (nSPS) is 12.6. The summed E-state index contributed by atoms with van der Waals surface area (Å²) < 4.78 is 0. The fourth-order valence-electron chi connectivity index (χ4n) is 1.44. The first-order valence-corrected chi connectivity index (χ1v) is 6.14. The molecule has 84 valence electrons. The Hall–Kier alpha value is -1.26. The number of hydrogen-bond acceptors (Lipinski definition) is 3. The molecule has 2 rings (SSSR count). The Kier molecular flexibility index (Phi) is 3.64. The van der Waals surface area contributed by atoms with Crippen molar-refractivity contribution in [1.29, 1.82) is 0 Å². The number of benzene rings is 1. The molecule has 3 N–H and O–H groups in total. The summed E-state index contributed by atoms with van der Waals surface area (Å²) in [6, 6.07) is 8.47. The van der Waals surface area contributed by atoms with Crippen LogP contribution >= 0.6 is 11.8 Å². The molecule has 16 heavy (non-hydrogen) atoms. The molecule has 0 radical (unpaired) electrons. The lowest BCUT2D eigenvalue weighted by Gasteiger charge is -2.09. The molecule has 0 amide bonds. The highest BCUT2D eigenvalue weighted by molar-refractivity contribution is 7.99. The third-order valence-corrected chi connectivity index (χ3v) is 3.36. The van der Waals surface area contributed by atoms with E-state index in [1.807, 2.05) is 6.20 Å². The minimum Gasteiger partial charge on any atom is -0.339 e. The van der Waals surface area contributed by atoms with Gasteiger partial charge in [-0.1, -0.05) is 30.8 Å². The summed E-state index contributed by atoms with van der Waals surface area (Å²) in [7, 11) is 0. The quantitative estimate of drug-likeness (QED) is 0.853. The van der Waals surface area contributed by atoms with E-state index in [-0.39, 0.29) is 6.04 Å². The van der Waals surface area contributed by atoms with Gasteiger partial charge in [0.15, 0.2) is 5.16 Å². The summed E-state index contributed by atoms with van der Waals surface area (Å²) >= 11 is 1.61. The smallest absolute Gasteiger partial charge is 0.170 e. The van der Waals surface area contributed by atoms with Crippen LogP contribution in [0.25, 0.3) is 0 Å². The van der Waals surface area contributed by atoms with E-state index in [2.05, 4.69) is 41.2 Å². The van der Waals surface area contributed by atoms with Gasteiger partial charge in [0.1, 0.15) is 0 Å². The zero-order valence-corrected chi connectivity index (χ0v) is 10.00. The van der Waals surface area contributed by atoms with Crippen LogP contribution < -0.4 is 5.73 Å². The van der Waals surface area contributed by atoms with Crippen LogP contribution in [0.2, 0.25) is 0 Å². The summed E-state index contributed by atoms with van der Waals surface area (Å²) in [4.78, 5) is 8.40. The van der Waals surface area contributed by atoms with E-state index in [0.717, 1.165) is 11.6 Å². The first-order valence-electron chi connectivity index (χ1n) is 5.32. The summed E-state index contributed by atoms with van der Waals surface area (Å²) in [6.07, 6.45) is 4.54. The largest absolute Gasteiger partial charge is 0.339 e. The fraction of sp³-hybridized carbons (Fsp3) is 0.250. The summed E-state index contributed by atoms with van der Waals surface area (Å²) in [5.41, 5.74) is 7.14. The van der Waals surface area contributed by atoms with Gasteiger partial charge in [0.05, 0.1) is 0 Å². The summed E-state index contributed by atoms with van der Waals surface area (Å²) in [5.74, 6) is 0.